The Hall–Kier alpha value is -2.49. The Balaban J connectivity index is 1.61. The molecule has 4 nitrogen and oxygen atoms in total. The van der Waals surface area contributed by atoms with E-state index in [1.807, 2.05) is 54.6 Å². The van der Waals surface area contributed by atoms with Gasteiger partial charge in [0.15, 0.2) is 0 Å². The minimum atomic E-state index is -0.0266. The van der Waals surface area contributed by atoms with Gasteiger partial charge in [0.2, 0.25) is 5.91 Å². The molecule has 26 heavy (non-hydrogen) atoms. The van der Waals surface area contributed by atoms with Gasteiger partial charge >= 0.3 is 0 Å². The zero-order valence-corrected chi connectivity index (χ0v) is 15.7. The van der Waals surface area contributed by atoms with E-state index in [2.05, 4.69) is 17.6 Å². The van der Waals surface area contributed by atoms with Crippen molar-refractivity contribution >= 4 is 11.6 Å². The Morgan fingerprint density at radius 2 is 1.65 bits per heavy atom. The number of hydrogen-bond acceptors (Lipinski definition) is 3. The maximum absolute atomic E-state index is 11.9. The molecular formula is C22H30N2O2. The summed E-state index contributed by atoms with van der Waals surface area (Å²) in [6, 6.07) is 17.7. The summed E-state index contributed by atoms with van der Waals surface area (Å²) in [5.41, 5.74) is 2.01. The third-order valence-electron chi connectivity index (χ3n) is 4.16. The van der Waals surface area contributed by atoms with Crippen molar-refractivity contribution < 1.29 is 9.53 Å². The molecule has 0 spiro atoms. The topological polar surface area (TPSA) is 50.4 Å². The van der Waals surface area contributed by atoms with Gasteiger partial charge in [-0.1, -0.05) is 62.9 Å². The predicted molar refractivity (Wildman–Crippen MR) is 107 cm³/mol. The summed E-state index contributed by atoms with van der Waals surface area (Å²) in [7, 11) is 0. The Morgan fingerprint density at radius 1 is 0.923 bits per heavy atom. The molecule has 0 aliphatic heterocycles. The first-order valence-electron chi connectivity index (χ1n) is 9.55. The predicted octanol–water partition coefficient (Wildman–Crippen LogP) is 4.76. The van der Waals surface area contributed by atoms with Crippen LogP contribution in [0.3, 0.4) is 0 Å². The highest BCUT2D eigenvalue weighted by molar-refractivity contribution is 5.80. The molecule has 140 valence electrons. The van der Waals surface area contributed by atoms with E-state index in [-0.39, 0.29) is 12.5 Å². The summed E-state index contributed by atoms with van der Waals surface area (Å²) in [4.78, 5) is 11.9. The summed E-state index contributed by atoms with van der Waals surface area (Å²) in [6.45, 7) is 3.79. The lowest BCUT2D eigenvalue weighted by molar-refractivity contribution is -0.119. The highest BCUT2D eigenvalue weighted by Crippen LogP contribution is 2.16. The van der Waals surface area contributed by atoms with Crippen LogP contribution in [0.4, 0.5) is 5.69 Å². The van der Waals surface area contributed by atoms with Crippen molar-refractivity contribution in [3.05, 3.63) is 60.2 Å². The number of ether oxygens (including phenoxy) is 1. The first-order valence-corrected chi connectivity index (χ1v) is 9.55. The van der Waals surface area contributed by atoms with Crippen LogP contribution in [0.1, 0.15) is 44.6 Å². The Morgan fingerprint density at radius 3 is 2.38 bits per heavy atom. The SMILES string of the molecule is CCCCCCCOc1ccc(NCC(=O)NCc2ccccc2)cc1. The van der Waals surface area contributed by atoms with Crippen molar-refractivity contribution in [1.29, 1.82) is 0 Å². The van der Waals surface area contributed by atoms with Gasteiger partial charge in [-0.05, 0) is 36.2 Å². The van der Waals surface area contributed by atoms with Gasteiger partial charge in [-0.2, -0.15) is 0 Å². The minimum Gasteiger partial charge on any atom is -0.494 e. The Kier molecular flexibility index (Phi) is 9.12. The van der Waals surface area contributed by atoms with Crippen LogP contribution < -0.4 is 15.4 Å². The molecule has 2 aromatic carbocycles. The lowest BCUT2D eigenvalue weighted by Crippen LogP contribution is -2.29. The highest BCUT2D eigenvalue weighted by Gasteiger charge is 2.02. The molecule has 0 bridgehead atoms. The van der Waals surface area contributed by atoms with E-state index < -0.39 is 0 Å². The van der Waals surface area contributed by atoms with Gasteiger partial charge in [0, 0.05) is 12.2 Å². The molecule has 0 saturated carbocycles. The largest absolute Gasteiger partial charge is 0.494 e. The molecule has 0 heterocycles. The Bertz CT molecular complexity index is 626. The van der Waals surface area contributed by atoms with Crippen LogP contribution in [0.25, 0.3) is 0 Å². The highest BCUT2D eigenvalue weighted by atomic mass is 16.5. The standard InChI is InChI=1S/C22H30N2O2/c1-2-3-4-5-9-16-26-21-14-12-20(13-15-21)23-18-22(25)24-17-19-10-7-6-8-11-19/h6-8,10-15,23H,2-5,9,16-18H2,1H3,(H,24,25). The number of unbranched alkanes of at least 4 members (excludes halogenated alkanes) is 4. The maximum Gasteiger partial charge on any atom is 0.239 e. The van der Waals surface area contributed by atoms with E-state index in [0.717, 1.165) is 30.0 Å². The summed E-state index contributed by atoms with van der Waals surface area (Å²) >= 11 is 0. The van der Waals surface area contributed by atoms with Crippen molar-refractivity contribution in [2.75, 3.05) is 18.5 Å². The summed E-state index contributed by atoms with van der Waals surface area (Å²) in [5, 5.41) is 6.03. The van der Waals surface area contributed by atoms with Gasteiger partial charge in [0.05, 0.1) is 13.2 Å². The number of nitrogens with one attached hydrogen (secondary N) is 2. The molecule has 0 fully saturated rings. The zero-order chi connectivity index (χ0) is 18.5. The first kappa shape index (κ1) is 19.8. The summed E-state index contributed by atoms with van der Waals surface area (Å²) in [6.07, 6.45) is 6.18. The second kappa shape index (κ2) is 12.0. The molecule has 4 heteroatoms. The second-order valence-electron chi connectivity index (χ2n) is 6.40. The molecule has 2 rings (SSSR count). The van der Waals surface area contributed by atoms with E-state index in [9.17, 15) is 4.79 Å². The van der Waals surface area contributed by atoms with Gasteiger partial charge in [-0.25, -0.2) is 0 Å². The molecule has 0 saturated heterocycles. The van der Waals surface area contributed by atoms with Crippen molar-refractivity contribution in [2.45, 2.75) is 45.6 Å². The van der Waals surface area contributed by atoms with Gasteiger partial charge in [0.1, 0.15) is 5.75 Å². The van der Waals surface area contributed by atoms with E-state index in [1.165, 1.54) is 25.7 Å². The molecule has 0 aliphatic carbocycles. The normalized spacial score (nSPS) is 10.3. The molecule has 2 N–H and O–H groups in total. The summed E-state index contributed by atoms with van der Waals surface area (Å²) in [5.74, 6) is 0.848. The molecule has 0 aromatic heterocycles. The molecule has 0 aliphatic rings. The fraction of sp³-hybridized carbons (Fsp3) is 0.409. The average molecular weight is 354 g/mol. The second-order valence-corrected chi connectivity index (χ2v) is 6.40. The van der Waals surface area contributed by atoms with E-state index >= 15 is 0 Å². The molecule has 1 amide bonds. The van der Waals surface area contributed by atoms with Gasteiger partial charge < -0.3 is 15.4 Å². The lowest BCUT2D eigenvalue weighted by atomic mass is 10.2. The quantitative estimate of drug-likeness (QED) is 0.540. The fourth-order valence-electron chi connectivity index (χ4n) is 2.61. The van der Waals surface area contributed by atoms with Crippen LogP contribution in [0.5, 0.6) is 5.75 Å². The maximum atomic E-state index is 11.9. The number of carbonyl (C=O) groups is 1. The van der Waals surface area contributed by atoms with Crippen LogP contribution in [-0.2, 0) is 11.3 Å². The third-order valence-corrected chi connectivity index (χ3v) is 4.16. The van der Waals surface area contributed by atoms with Crippen LogP contribution in [0, 0.1) is 0 Å². The van der Waals surface area contributed by atoms with Crippen LogP contribution in [0.15, 0.2) is 54.6 Å². The number of amides is 1. The number of hydrogen-bond donors (Lipinski definition) is 2. The molecule has 0 atom stereocenters. The minimum absolute atomic E-state index is 0.0266. The summed E-state index contributed by atoms with van der Waals surface area (Å²) < 4.78 is 5.75. The number of carbonyl (C=O) groups excluding carboxylic acids is 1. The van der Waals surface area contributed by atoms with Crippen molar-refractivity contribution in [1.82, 2.24) is 5.32 Å². The van der Waals surface area contributed by atoms with E-state index in [1.54, 1.807) is 0 Å². The van der Waals surface area contributed by atoms with Gasteiger partial charge in [-0.3, -0.25) is 4.79 Å². The van der Waals surface area contributed by atoms with E-state index in [4.69, 9.17) is 4.74 Å². The van der Waals surface area contributed by atoms with E-state index in [0.29, 0.717) is 6.54 Å². The average Bonchev–Trinajstić information content (AvgIpc) is 2.69. The van der Waals surface area contributed by atoms with Crippen LogP contribution in [-0.4, -0.2) is 19.1 Å². The monoisotopic (exact) mass is 354 g/mol. The Labute approximate surface area is 157 Å². The van der Waals surface area contributed by atoms with Gasteiger partial charge in [0.25, 0.3) is 0 Å². The molecule has 0 unspecified atom stereocenters. The smallest absolute Gasteiger partial charge is 0.239 e. The van der Waals surface area contributed by atoms with Crippen molar-refractivity contribution in [2.24, 2.45) is 0 Å². The third kappa shape index (κ3) is 8.06. The number of rotatable bonds is 12. The molecule has 2 aromatic rings. The molecule has 0 radical (unpaired) electrons. The van der Waals surface area contributed by atoms with Crippen LogP contribution >= 0.6 is 0 Å². The molecular weight excluding hydrogens is 324 g/mol. The number of benzene rings is 2. The van der Waals surface area contributed by atoms with Crippen LogP contribution in [0.2, 0.25) is 0 Å². The van der Waals surface area contributed by atoms with Crippen molar-refractivity contribution in [3.8, 4) is 5.75 Å². The lowest BCUT2D eigenvalue weighted by Gasteiger charge is -2.10. The van der Waals surface area contributed by atoms with Crippen molar-refractivity contribution in [3.63, 3.8) is 0 Å². The first-order chi connectivity index (χ1) is 12.8. The van der Waals surface area contributed by atoms with Gasteiger partial charge in [-0.15, -0.1) is 0 Å². The fourth-order valence-corrected chi connectivity index (χ4v) is 2.61. The number of anilines is 1. The zero-order valence-electron chi connectivity index (χ0n) is 15.7.